The van der Waals surface area contributed by atoms with Crippen molar-refractivity contribution < 1.29 is 24.2 Å². The second-order valence-electron chi connectivity index (χ2n) is 7.81. The van der Waals surface area contributed by atoms with Gasteiger partial charge in [0.2, 0.25) is 0 Å². The van der Waals surface area contributed by atoms with Crippen molar-refractivity contribution in [1.82, 2.24) is 5.32 Å². The van der Waals surface area contributed by atoms with Gasteiger partial charge in [0.25, 0.3) is 0 Å². The highest BCUT2D eigenvalue weighted by molar-refractivity contribution is 5.76. The number of esters is 2. The molecular formula is C23H43NO5. The van der Waals surface area contributed by atoms with Gasteiger partial charge in [0, 0.05) is 6.42 Å². The van der Waals surface area contributed by atoms with E-state index in [0.29, 0.717) is 39.0 Å². The Hall–Kier alpha value is -1.40. The number of carbonyl (C=O) groups excluding carboxylic acids is 2. The van der Waals surface area contributed by atoms with Crippen LogP contribution in [0.1, 0.15) is 86.0 Å². The first-order chi connectivity index (χ1) is 13.8. The number of allylic oxidation sites excluding steroid dienone is 1. The molecule has 6 heteroatoms. The van der Waals surface area contributed by atoms with Gasteiger partial charge in [-0.05, 0) is 65.3 Å². The molecule has 3 atom stereocenters. The van der Waals surface area contributed by atoms with Gasteiger partial charge < -0.3 is 19.9 Å². The lowest BCUT2D eigenvalue weighted by Gasteiger charge is -2.31. The number of carbonyl (C=O) groups is 2. The Bertz CT molecular complexity index is 476. The molecule has 0 rings (SSSR count). The third-order valence-electron chi connectivity index (χ3n) is 5.24. The van der Waals surface area contributed by atoms with Crippen molar-refractivity contribution in [2.75, 3.05) is 19.8 Å². The van der Waals surface area contributed by atoms with Crippen LogP contribution < -0.4 is 5.32 Å². The lowest BCUT2D eigenvalue weighted by Crippen LogP contribution is -2.42. The van der Waals surface area contributed by atoms with E-state index in [0.717, 1.165) is 32.1 Å². The molecule has 0 saturated carbocycles. The van der Waals surface area contributed by atoms with E-state index in [-0.39, 0.29) is 17.9 Å². The summed E-state index contributed by atoms with van der Waals surface area (Å²) in [6.45, 7) is 11.0. The zero-order valence-corrected chi connectivity index (χ0v) is 19.2. The van der Waals surface area contributed by atoms with Crippen molar-refractivity contribution >= 4 is 11.9 Å². The van der Waals surface area contributed by atoms with Gasteiger partial charge in [0.05, 0.1) is 18.8 Å². The van der Waals surface area contributed by atoms with E-state index in [1.807, 2.05) is 19.1 Å². The molecule has 0 aromatic rings. The summed E-state index contributed by atoms with van der Waals surface area (Å²) in [5.41, 5.74) is -0.760. The highest BCUT2D eigenvalue weighted by Gasteiger charge is 2.28. The molecule has 0 heterocycles. The summed E-state index contributed by atoms with van der Waals surface area (Å²) in [6, 6.07) is -0.432. The van der Waals surface area contributed by atoms with Crippen LogP contribution in [0.25, 0.3) is 0 Å². The molecular weight excluding hydrogens is 370 g/mol. The van der Waals surface area contributed by atoms with Crippen LogP contribution in [0.3, 0.4) is 0 Å². The Kier molecular flexibility index (Phi) is 15.6. The third kappa shape index (κ3) is 13.4. The van der Waals surface area contributed by atoms with Crippen molar-refractivity contribution in [3.05, 3.63) is 12.2 Å². The minimum absolute atomic E-state index is 0.174. The molecule has 0 radical (unpaired) electrons. The molecule has 0 fully saturated rings. The lowest BCUT2D eigenvalue weighted by molar-refractivity contribution is -0.146. The van der Waals surface area contributed by atoms with Crippen LogP contribution >= 0.6 is 0 Å². The van der Waals surface area contributed by atoms with E-state index in [1.165, 1.54) is 0 Å². The molecule has 0 spiro atoms. The molecule has 0 aliphatic carbocycles. The van der Waals surface area contributed by atoms with Crippen molar-refractivity contribution in [2.24, 2.45) is 5.92 Å². The zero-order valence-electron chi connectivity index (χ0n) is 19.2. The summed E-state index contributed by atoms with van der Waals surface area (Å²) in [5.74, 6) is -0.237. The fraction of sp³-hybridized carbons (Fsp3) is 0.826. The molecule has 170 valence electrons. The summed E-state index contributed by atoms with van der Waals surface area (Å²) in [6.07, 6.45) is 10.2. The summed E-state index contributed by atoms with van der Waals surface area (Å²) in [4.78, 5) is 23.5. The third-order valence-corrected chi connectivity index (χ3v) is 5.24. The van der Waals surface area contributed by atoms with Gasteiger partial charge in [-0.2, -0.15) is 0 Å². The topological polar surface area (TPSA) is 84.9 Å². The Morgan fingerprint density at radius 3 is 2.41 bits per heavy atom. The van der Waals surface area contributed by atoms with Gasteiger partial charge in [-0.3, -0.25) is 9.59 Å². The molecule has 0 aliphatic rings. The molecule has 0 amide bonds. The van der Waals surface area contributed by atoms with E-state index in [9.17, 15) is 14.7 Å². The Balaban J connectivity index is 4.43. The summed E-state index contributed by atoms with van der Waals surface area (Å²) in [7, 11) is 0. The normalized spacial score (nSPS) is 15.7. The van der Waals surface area contributed by atoms with E-state index < -0.39 is 11.6 Å². The van der Waals surface area contributed by atoms with Crippen LogP contribution in [0.15, 0.2) is 12.2 Å². The zero-order chi connectivity index (χ0) is 22.1. The van der Waals surface area contributed by atoms with Gasteiger partial charge >= 0.3 is 11.9 Å². The maximum atomic E-state index is 12.2. The lowest BCUT2D eigenvalue weighted by atomic mass is 9.84. The average molecular weight is 414 g/mol. The largest absolute Gasteiger partial charge is 0.466 e. The molecule has 0 aliphatic heterocycles. The van der Waals surface area contributed by atoms with Gasteiger partial charge in [0.1, 0.15) is 6.04 Å². The van der Waals surface area contributed by atoms with Crippen LogP contribution in [0, 0.1) is 5.92 Å². The molecule has 0 bridgehead atoms. The fourth-order valence-electron chi connectivity index (χ4n) is 3.02. The second kappa shape index (κ2) is 16.4. The van der Waals surface area contributed by atoms with Crippen LogP contribution in [0.4, 0.5) is 0 Å². The minimum atomic E-state index is -0.760. The van der Waals surface area contributed by atoms with Crippen molar-refractivity contribution in [3.8, 4) is 0 Å². The predicted molar refractivity (Wildman–Crippen MR) is 117 cm³/mol. The highest BCUT2D eigenvalue weighted by Crippen LogP contribution is 2.25. The maximum Gasteiger partial charge on any atom is 0.323 e. The van der Waals surface area contributed by atoms with Crippen molar-refractivity contribution in [1.29, 1.82) is 0 Å². The maximum absolute atomic E-state index is 12.2. The molecule has 3 unspecified atom stereocenters. The van der Waals surface area contributed by atoms with E-state index in [1.54, 1.807) is 13.8 Å². The first kappa shape index (κ1) is 27.6. The second-order valence-corrected chi connectivity index (χ2v) is 7.81. The highest BCUT2D eigenvalue weighted by atomic mass is 16.5. The summed E-state index contributed by atoms with van der Waals surface area (Å²) in [5, 5.41) is 14.0. The van der Waals surface area contributed by atoms with Crippen LogP contribution in [-0.2, 0) is 19.1 Å². The van der Waals surface area contributed by atoms with Crippen LogP contribution in [-0.4, -0.2) is 48.4 Å². The Labute approximate surface area is 177 Å². The number of nitrogens with one attached hydrogen (secondary N) is 1. The van der Waals surface area contributed by atoms with Crippen molar-refractivity contribution in [3.63, 3.8) is 0 Å². The van der Waals surface area contributed by atoms with Crippen LogP contribution in [0.5, 0.6) is 0 Å². The van der Waals surface area contributed by atoms with Gasteiger partial charge in [0.15, 0.2) is 0 Å². The molecule has 0 aromatic carbocycles. The molecule has 6 nitrogen and oxygen atoms in total. The first-order valence-corrected chi connectivity index (χ1v) is 11.2. The number of rotatable bonds is 17. The fourth-order valence-corrected chi connectivity index (χ4v) is 3.02. The number of hydrogen-bond acceptors (Lipinski definition) is 6. The molecule has 29 heavy (non-hydrogen) atoms. The Morgan fingerprint density at radius 1 is 1.10 bits per heavy atom. The molecule has 0 saturated heterocycles. The monoisotopic (exact) mass is 413 g/mol. The van der Waals surface area contributed by atoms with E-state index in [4.69, 9.17) is 9.47 Å². The number of hydrogen-bond donors (Lipinski definition) is 2. The summed E-state index contributed by atoms with van der Waals surface area (Å²) >= 11 is 0. The number of aliphatic hydroxyl groups is 1. The quantitative estimate of drug-likeness (QED) is 0.212. The van der Waals surface area contributed by atoms with Gasteiger partial charge in [-0.25, -0.2) is 0 Å². The average Bonchev–Trinajstić information content (AvgIpc) is 2.67. The van der Waals surface area contributed by atoms with Crippen LogP contribution in [0.2, 0.25) is 0 Å². The van der Waals surface area contributed by atoms with Gasteiger partial charge in [-0.1, -0.05) is 38.8 Å². The SMILES string of the molecule is CCCCC(C)C(C)(O)CCNC(CC=CCCCC(=O)OCC)C(=O)OCC. The number of unbranched alkanes of at least 4 members (excludes halogenated alkanes) is 2. The number of ether oxygens (including phenoxy) is 2. The summed E-state index contributed by atoms with van der Waals surface area (Å²) < 4.78 is 10.1. The smallest absolute Gasteiger partial charge is 0.323 e. The predicted octanol–water partition coefficient (Wildman–Crippen LogP) is 4.15. The Morgan fingerprint density at radius 2 is 1.79 bits per heavy atom. The minimum Gasteiger partial charge on any atom is -0.466 e. The standard InChI is InChI=1S/C23H43NO5/c1-6-9-14-19(4)23(5,27)17-18-24-20(22(26)29-8-3)15-12-10-11-13-16-21(25)28-7-2/h10,12,19-20,24,27H,6-9,11,13-18H2,1-5H3. The van der Waals surface area contributed by atoms with Crippen molar-refractivity contribution in [2.45, 2.75) is 97.6 Å². The molecule has 0 aromatic heterocycles. The molecule has 2 N–H and O–H groups in total. The van der Waals surface area contributed by atoms with E-state index >= 15 is 0 Å². The van der Waals surface area contributed by atoms with E-state index in [2.05, 4.69) is 19.2 Å². The van der Waals surface area contributed by atoms with Gasteiger partial charge in [-0.15, -0.1) is 0 Å². The first-order valence-electron chi connectivity index (χ1n) is 11.2.